The zero-order valence-electron chi connectivity index (χ0n) is 9.81. The number of benzene rings is 2. The Morgan fingerprint density at radius 1 is 1.11 bits per heavy atom. The van der Waals surface area contributed by atoms with Crippen LogP contribution in [-0.2, 0) is 15.9 Å². The quantitative estimate of drug-likeness (QED) is 0.880. The number of anilines is 1. The van der Waals surface area contributed by atoms with Crippen LogP contribution >= 0.6 is 11.6 Å². The van der Waals surface area contributed by atoms with Gasteiger partial charge in [-0.2, -0.15) is 0 Å². The monoisotopic (exact) mass is 299 g/mol. The second-order valence-corrected chi connectivity index (χ2v) is 5.85. The number of hydrogen-bond acceptors (Lipinski definition) is 2. The first-order valence-corrected chi connectivity index (χ1v) is 7.46. The summed E-state index contributed by atoms with van der Waals surface area (Å²) >= 11 is 5.68. The summed E-state index contributed by atoms with van der Waals surface area (Å²) in [4.78, 5) is -0.122. The minimum absolute atomic E-state index is 0.122. The molecule has 2 aromatic carbocycles. The van der Waals surface area contributed by atoms with Crippen molar-refractivity contribution in [2.24, 2.45) is 0 Å². The fraction of sp³-hybridized carbons (Fsp3) is 0.0769. The van der Waals surface area contributed by atoms with Crippen LogP contribution in [0, 0.1) is 5.82 Å². The van der Waals surface area contributed by atoms with Gasteiger partial charge in [-0.25, -0.2) is 12.8 Å². The molecule has 19 heavy (non-hydrogen) atoms. The van der Waals surface area contributed by atoms with Crippen molar-refractivity contribution in [2.45, 2.75) is 10.8 Å². The molecule has 0 aliphatic carbocycles. The average Bonchev–Trinajstić information content (AvgIpc) is 2.38. The SMILES string of the molecule is O=S(=O)(Nc1cccc(CCl)c1)c1cccc(F)c1. The number of alkyl halides is 1. The van der Waals surface area contributed by atoms with Crippen LogP contribution in [-0.4, -0.2) is 8.42 Å². The minimum Gasteiger partial charge on any atom is -0.280 e. The van der Waals surface area contributed by atoms with Crippen molar-refractivity contribution in [3.05, 3.63) is 59.9 Å². The molecule has 2 rings (SSSR count). The molecule has 0 amide bonds. The Morgan fingerprint density at radius 2 is 1.84 bits per heavy atom. The van der Waals surface area contributed by atoms with E-state index < -0.39 is 15.8 Å². The second-order valence-electron chi connectivity index (χ2n) is 3.90. The van der Waals surface area contributed by atoms with Gasteiger partial charge in [-0.15, -0.1) is 11.6 Å². The predicted molar refractivity (Wildman–Crippen MR) is 73.2 cm³/mol. The fourth-order valence-electron chi connectivity index (χ4n) is 1.57. The molecular weight excluding hydrogens is 289 g/mol. The molecule has 1 N–H and O–H groups in total. The Morgan fingerprint density at radius 3 is 2.53 bits per heavy atom. The molecule has 0 aromatic heterocycles. The van der Waals surface area contributed by atoms with Crippen LogP contribution in [0.1, 0.15) is 5.56 Å². The van der Waals surface area contributed by atoms with Gasteiger partial charge in [0.1, 0.15) is 5.82 Å². The number of nitrogens with one attached hydrogen (secondary N) is 1. The molecule has 0 unspecified atom stereocenters. The van der Waals surface area contributed by atoms with Crippen LogP contribution in [0.2, 0.25) is 0 Å². The Labute approximate surface area is 116 Å². The van der Waals surface area contributed by atoms with Gasteiger partial charge in [-0.1, -0.05) is 18.2 Å². The highest BCUT2D eigenvalue weighted by atomic mass is 35.5. The maximum absolute atomic E-state index is 13.0. The largest absolute Gasteiger partial charge is 0.280 e. The van der Waals surface area contributed by atoms with E-state index in [-0.39, 0.29) is 10.8 Å². The summed E-state index contributed by atoms with van der Waals surface area (Å²) in [5.41, 5.74) is 1.18. The Balaban J connectivity index is 2.31. The number of hydrogen-bond donors (Lipinski definition) is 1. The van der Waals surface area contributed by atoms with E-state index in [0.29, 0.717) is 5.69 Å². The van der Waals surface area contributed by atoms with Gasteiger partial charge < -0.3 is 0 Å². The first kappa shape index (κ1) is 13.8. The first-order valence-electron chi connectivity index (χ1n) is 5.44. The first-order chi connectivity index (χ1) is 9.01. The van der Waals surface area contributed by atoms with Crippen molar-refractivity contribution in [3.8, 4) is 0 Å². The summed E-state index contributed by atoms with van der Waals surface area (Å²) < 4.78 is 39.5. The average molecular weight is 300 g/mol. The molecule has 0 bridgehead atoms. The van der Waals surface area contributed by atoms with Gasteiger partial charge in [-0.3, -0.25) is 4.72 Å². The van der Waals surface area contributed by atoms with Crippen molar-refractivity contribution in [2.75, 3.05) is 4.72 Å². The Hall–Kier alpha value is -1.59. The van der Waals surface area contributed by atoms with Gasteiger partial charge in [0.05, 0.1) is 4.90 Å². The van der Waals surface area contributed by atoms with Crippen LogP contribution in [0.3, 0.4) is 0 Å². The highest BCUT2D eigenvalue weighted by molar-refractivity contribution is 7.92. The molecule has 2 aromatic rings. The predicted octanol–water partition coefficient (Wildman–Crippen LogP) is 3.37. The summed E-state index contributed by atoms with van der Waals surface area (Å²) in [5, 5.41) is 0. The third-order valence-electron chi connectivity index (χ3n) is 2.44. The molecule has 0 saturated heterocycles. The highest BCUT2D eigenvalue weighted by Gasteiger charge is 2.14. The van der Waals surface area contributed by atoms with Gasteiger partial charge in [0.25, 0.3) is 10.0 Å². The lowest BCUT2D eigenvalue weighted by Crippen LogP contribution is -2.13. The summed E-state index contributed by atoms with van der Waals surface area (Å²) in [6.07, 6.45) is 0. The maximum Gasteiger partial charge on any atom is 0.261 e. The third kappa shape index (κ3) is 3.45. The van der Waals surface area contributed by atoms with E-state index >= 15 is 0 Å². The number of rotatable bonds is 4. The second kappa shape index (κ2) is 5.59. The van der Waals surface area contributed by atoms with E-state index in [1.165, 1.54) is 18.2 Å². The third-order valence-corrected chi connectivity index (χ3v) is 4.13. The smallest absolute Gasteiger partial charge is 0.261 e. The molecule has 6 heteroatoms. The molecule has 0 aliphatic rings. The molecule has 3 nitrogen and oxygen atoms in total. The van der Waals surface area contributed by atoms with Crippen LogP contribution in [0.25, 0.3) is 0 Å². The molecule has 0 spiro atoms. The molecule has 0 atom stereocenters. The van der Waals surface area contributed by atoms with Crippen molar-refractivity contribution < 1.29 is 12.8 Å². The normalized spacial score (nSPS) is 11.3. The topological polar surface area (TPSA) is 46.2 Å². The van der Waals surface area contributed by atoms with E-state index in [4.69, 9.17) is 11.6 Å². The highest BCUT2D eigenvalue weighted by Crippen LogP contribution is 2.18. The lowest BCUT2D eigenvalue weighted by atomic mass is 10.2. The Kier molecular flexibility index (Phi) is 4.07. The molecule has 100 valence electrons. The van der Waals surface area contributed by atoms with Gasteiger partial charge in [0.15, 0.2) is 0 Å². The zero-order chi connectivity index (χ0) is 13.9. The van der Waals surface area contributed by atoms with Gasteiger partial charge in [0, 0.05) is 11.6 Å². The van der Waals surface area contributed by atoms with Crippen LogP contribution in [0.15, 0.2) is 53.4 Å². The molecule has 0 heterocycles. The van der Waals surface area contributed by atoms with Crippen molar-refractivity contribution in [3.63, 3.8) is 0 Å². The van der Waals surface area contributed by atoms with Crippen LogP contribution in [0.4, 0.5) is 10.1 Å². The molecule has 0 saturated carbocycles. The zero-order valence-corrected chi connectivity index (χ0v) is 11.4. The standard InChI is InChI=1S/C13H11ClFNO2S/c14-9-10-3-1-5-12(7-10)16-19(17,18)13-6-2-4-11(15)8-13/h1-8,16H,9H2. The molecule has 0 fully saturated rings. The van der Waals surface area contributed by atoms with Crippen molar-refractivity contribution >= 4 is 27.3 Å². The summed E-state index contributed by atoms with van der Waals surface area (Å²) in [5.74, 6) is -0.312. The molecular formula is C13H11ClFNO2S. The Bertz CT molecular complexity index is 689. The minimum atomic E-state index is -3.79. The molecule has 0 radical (unpaired) electrons. The lowest BCUT2D eigenvalue weighted by molar-refractivity contribution is 0.595. The van der Waals surface area contributed by atoms with Gasteiger partial charge in [0.2, 0.25) is 0 Å². The van der Waals surface area contributed by atoms with Crippen LogP contribution < -0.4 is 4.72 Å². The molecule has 0 aliphatic heterocycles. The summed E-state index contributed by atoms with van der Waals surface area (Å²) in [6.45, 7) is 0. The van der Waals surface area contributed by atoms with Gasteiger partial charge >= 0.3 is 0 Å². The number of sulfonamides is 1. The van der Waals surface area contributed by atoms with Crippen molar-refractivity contribution in [1.29, 1.82) is 0 Å². The lowest BCUT2D eigenvalue weighted by Gasteiger charge is -2.09. The van der Waals surface area contributed by atoms with Crippen LogP contribution in [0.5, 0.6) is 0 Å². The van der Waals surface area contributed by atoms with E-state index in [1.807, 2.05) is 0 Å². The van der Waals surface area contributed by atoms with E-state index in [2.05, 4.69) is 4.72 Å². The fourth-order valence-corrected chi connectivity index (χ4v) is 2.81. The number of halogens is 2. The van der Waals surface area contributed by atoms with E-state index in [0.717, 1.165) is 11.6 Å². The van der Waals surface area contributed by atoms with E-state index in [9.17, 15) is 12.8 Å². The summed E-state index contributed by atoms with van der Waals surface area (Å²) in [7, 11) is -3.79. The summed E-state index contributed by atoms with van der Waals surface area (Å²) in [6, 6.07) is 11.5. The maximum atomic E-state index is 13.0. The van der Waals surface area contributed by atoms with Gasteiger partial charge in [-0.05, 0) is 35.9 Å². The van der Waals surface area contributed by atoms with E-state index in [1.54, 1.807) is 24.3 Å². The van der Waals surface area contributed by atoms with Crippen molar-refractivity contribution in [1.82, 2.24) is 0 Å².